The van der Waals surface area contributed by atoms with E-state index in [4.69, 9.17) is 27.8 Å². The van der Waals surface area contributed by atoms with Crippen LogP contribution in [0, 0.1) is 29.6 Å². The number of methoxy groups -OCH3 is 2. The van der Waals surface area contributed by atoms with Gasteiger partial charge in [-0.1, -0.05) is 125 Å². The second-order valence-electron chi connectivity index (χ2n) is 18.4. The minimum absolute atomic E-state index is 0.00236. The predicted octanol–water partition coefficient (Wildman–Crippen LogP) is 12.2. The van der Waals surface area contributed by atoms with Crippen LogP contribution in [0.15, 0.2) is 60.7 Å². The van der Waals surface area contributed by atoms with Crippen LogP contribution in [0.1, 0.15) is 95.1 Å². The van der Waals surface area contributed by atoms with Gasteiger partial charge in [-0.2, -0.15) is 0 Å². The normalized spacial score (nSPS) is 18.4. The quantitative estimate of drug-likeness (QED) is 0.0479. The molecule has 52 heavy (non-hydrogen) atoms. The molecule has 8 atom stereocenters. The van der Waals surface area contributed by atoms with Gasteiger partial charge in [0, 0.05) is 37.4 Å². The summed E-state index contributed by atoms with van der Waals surface area (Å²) in [5, 5.41) is 0.236. The molecule has 300 valence electrons. The predicted molar refractivity (Wildman–Crippen MR) is 227 cm³/mol. The van der Waals surface area contributed by atoms with Crippen LogP contribution in [0.4, 0.5) is 0 Å². The summed E-state index contributed by atoms with van der Waals surface area (Å²) in [5.41, 5.74) is 2.46. The smallest absolute Gasteiger partial charge is 0.192 e. The lowest BCUT2D eigenvalue weighted by Crippen LogP contribution is -2.50. The largest absolute Gasteiger partial charge is 0.497 e. The molecule has 0 fully saturated rings. The van der Waals surface area contributed by atoms with E-state index in [-0.39, 0.29) is 64.8 Å². The Kier molecular flexibility index (Phi) is 20.1. The second kappa shape index (κ2) is 21.5. The van der Waals surface area contributed by atoms with Crippen molar-refractivity contribution in [1.29, 1.82) is 0 Å². The monoisotopic (exact) mass is 761 g/mol. The van der Waals surface area contributed by atoms with E-state index in [1.165, 1.54) is 5.57 Å². The minimum atomic E-state index is -2.13. The van der Waals surface area contributed by atoms with Gasteiger partial charge in [0.05, 0.1) is 32.0 Å². The average molecular weight is 761 g/mol. The van der Waals surface area contributed by atoms with E-state index in [0.29, 0.717) is 13.2 Å². The molecule has 1 aromatic carbocycles. The summed E-state index contributed by atoms with van der Waals surface area (Å²) in [7, 11) is -0.636. The molecule has 0 aliphatic heterocycles. The van der Waals surface area contributed by atoms with Crippen LogP contribution in [0.5, 0.6) is 5.75 Å². The Morgan fingerprint density at radius 3 is 1.85 bits per heavy atom. The molecule has 0 saturated heterocycles. The fraction of sp³-hybridized carbons (Fsp3) is 0.727. The third kappa shape index (κ3) is 15.3. The first-order valence-electron chi connectivity index (χ1n) is 19.6. The highest BCUT2D eigenvalue weighted by Crippen LogP contribution is 2.42. The molecule has 0 amide bonds. The highest BCUT2D eigenvalue weighted by atomic mass is 28.4. The highest BCUT2D eigenvalue weighted by molar-refractivity contribution is 6.74. The second-order valence-corrected chi connectivity index (χ2v) is 28.0. The molecular weight excluding hydrogens is 681 g/mol. The van der Waals surface area contributed by atoms with E-state index in [0.717, 1.165) is 17.7 Å². The molecule has 1 rings (SSSR count). The first-order valence-corrected chi connectivity index (χ1v) is 25.4. The van der Waals surface area contributed by atoms with E-state index < -0.39 is 16.6 Å². The Balaban J connectivity index is 3.44. The van der Waals surface area contributed by atoms with Crippen LogP contribution >= 0.6 is 0 Å². The van der Waals surface area contributed by atoms with Gasteiger partial charge in [0.1, 0.15) is 12.5 Å². The molecule has 0 unspecified atom stereocenters. The van der Waals surface area contributed by atoms with Crippen molar-refractivity contribution in [2.24, 2.45) is 29.6 Å². The molecule has 0 aliphatic rings. The fourth-order valence-corrected chi connectivity index (χ4v) is 8.97. The third-order valence-electron chi connectivity index (χ3n) is 11.7. The molecule has 6 nitrogen and oxygen atoms in total. The summed E-state index contributed by atoms with van der Waals surface area (Å²) in [6.45, 7) is 42.3. The zero-order chi connectivity index (χ0) is 40.1. The molecule has 1 aromatic rings. The lowest BCUT2D eigenvalue weighted by Gasteiger charge is -2.45. The van der Waals surface area contributed by atoms with Crippen molar-refractivity contribution < 1.29 is 27.8 Å². The van der Waals surface area contributed by atoms with Crippen LogP contribution in [-0.4, -0.2) is 62.6 Å². The standard InChI is InChI=1S/C44H80O6Si2/c1-20-21-22-33(3)41(47-30-38-23-25-39(46-15)26-24-38)37(7)42(50-52(18,19)44(11,12)13)35(5)28-32(2)27-34(4)40(48-31-45-14)36(6)29-49-51(16,17)43(8,9)10/h20-27,33-37,40-42H,1,28-31H2,2-19H3/b22-21-,32-27-/t33-,34-,35-,36-,37+,40+,41-,42+/m0/s1. The summed E-state index contributed by atoms with van der Waals surface area (Å²) >= 11 is 0. The number of allylic oxidation sites excluding steroid dienone is 3. The van der Waals surface area contributed by atoms with Crippen molar-refractivity contribution in [1.82, 2.24) is 0 Å². The number of benzene rings is 1. The summed E-state index contributed by atoms with van der Waals surface area (Å²) < 4.78 is 38.0. The van der Waals surface area contributed by atoms with Crippen LogP contribution < -0.4 is 4.74 Å². The SMILES string of the molecule is C=C/C=C\[C@H](C)[C@H](OCc1ccc(OC)cc1)[C@@H](C)[C@H](O[Si](C)(C)C(C)(C)C)[C@@H](C)C/C(C)=C\[C@H](C)[C@@H](OCOC)[C@@H](C)CO[Si](C)(C)C(C)(C)C. The van der Waals surface area contributed by atoms with Gasteiger partial charge in [-0.15, -0.1) is 0 Å². The van der Waals surface area contributed by atoms with Gasteiger partial charge in [-0.05, 0) is 73.2 Å². The van der Waals surface area contributed by atoms with Crippen LogP contribution in [-0.2, 0) is 29.7 Å². The summed E-state index contributed by atoms with van der Waals surface area (Å²) in [6.07, 6.45) is 9.31. The molecule has 0 radical (unpaired) electrons. The Hall–Kier alpha value is -1.53. The highest BCUT2D eigenvalue weighted by Gasteiger charge is 2.44. The minimum Gasteiger partial charge on any atom is -0.497 e. The summed E-state index contributed by atoms with van der Waals surface area (Å²) in [4.78, 5) is 0. The maximum Gasteiger partial charge on any atom is 0.192 e. The van der Waals surface area contributed by atoms with E-state index in [1.807, 2.05) is 24.3 Å². The lowest BCUT2D eigenvalue weighted by atomic mass is 9.81. The summed E-state index contributed by atoms with van der Waals surface area (Å²) in [5.74, 6) is 1.78. The van der Waals surface area contributed by atoms with Gasteiger partial charge in [0.15, 0.2) is 16.6 Å². The number of ether oxygens (including phenoxy) is 4. The van der Waals surface area contributed by atoms with Gasteiger partial charge in [0.2, 0.25) is 0 Å². The number of hydrogen-bond acceptors (Lipinski definition) is 6. The molecule has 0 N–H and O–H groups in total. The Bertz CT molecular complexity index is 1230. The molecular formula is C44H80O6Si2. The molecule has 0 heterocycles. The van der Waals surface area contributed by atoms with Gasteiger partial charge >= 0.3 is 0 Å². The maximum atomic E-state index is 7.40. The van der Waals surface area contributed by atoms with Crippen LogP contribution in [0.25, 0.3) is 0 Å². The molecule has 0 bridgehead atoms. The van der Waals surface area contributed by atoms with Crippen molar-refractivity contribution in [3.05, 3.63) is 66.3 Å². The zero-order valence-corrected chi connectivity index (χ0v) is 38.7. The molecule has 0 spiro atoms. The number of rotatable bonds is 23. The van der Waals surface area contributed by atoms with Crippen LogP contribution in [0.3, 0.4) is 0 Å². The zero-order valence-electron chi connectivity index (χ0n) is 36.7. The van der Waals surface area contributed by atoms with E-state index in [1.54, 1.807) is 14.2 Å². The van der Waals surface area contributed by atoms with Crippen molar-refractivity contribution in [3.8, 4) is 5.75 Å². The van der Waals surface area contributed by atoms with E-state index in [9.17, 15) is 0 Å². The van der Waals surface area contributed by atoms with Crippen LogP contribution in [0.2, 0.25) is 36.3 Å². The maximum absolute atomic E-state index is 7.40. The van der Waals surface area contributed by atoms with Gasteiger partial charge < -0.3 is 27.8 Å². The van der Waals surface area contributed by atoms with E-state index in [2.05, 4.69) is 140 Å². The molecule has 0 aliphatic carbocycles. The van der Waals surface area contributed by atoms with Crippen molar-refractivity contribution >= 4 is 16.6 Å². The molecule has 0 aromatic heterocycles. The van der Waals surface area contributed by atoms with Gasteiger partial charge in [0.25, 0.3) is 0 Å². The van der Waals surface area contributed by atoms with Crippen molar-refractivity contribution in [2.45, 2.75) is 151 Å². The van der Waals surface area contributed by atoms with E-state index >= 15 is 0 Å². The van der Waals surface area contributed by atoms with Gasteiger partial charge in [-0.25, -0.2) is 0 Å². The molecule has 8 heteroatoms. The first-order chi connectivity index (χ1) is 23.9. The van der Waals surface area contributed by atoms with Gasteiger partial charge in [-0.3, -0.25) is 0 Å². The third-order valence-corrected chi connectivity index (χ3v) is 20.6. The first kappa shape index (κ1) is 48.5. The van der Waals surface area contributed by atoms with Crippen molar-refractivity contribution in [2.75, 3.05) is 27.6 Å². The fourth-order valence-electron chi connectivity index (χ4n) is 6.37. The lowest BCUT2D eigenvalue weighted by molar-refractivity contribution is -0.106. The Labute approximate surface area is 323 Å². The molecule has 0 saturated carbocycles. The Morgan fingerprint density at radius 1 is 0.769 bits per heavy atom. The average Bonchev–Trinajstić information content (AvgIpc) is 3.04. The summed E-state index contributed by atoms with van der Waals surface area (Å²) in [6, 6.07) is 8.15. The van der Waals surface area contributed by atoms with Crippen molar-refractivity contribution in [3.63, 3.8) is 0 Å². The Morgan fingerprint density at radius 2 is 1.35 bits per heavy atom. The number of hydrogen-bond donors (Lipinski definition) is 0. The topological polar surface area (TPSA) is 55.4 Å².